The van der Waals surface area contributed by atoms with E-state index < -0.39 is 0 Å². The van der Waals surface area contributed by atoms with E-state index in [1.165, 1.54) is 0 Å². The van der Waals surface area contributed by atoms with Gasteiger partial charge in [0.2, 0.25) is 0 Å². The Hall–Kier alpha value is -2.40. The number of hydrogen-bond acceptors (Lipinski definition) is 3. The Bertz CT molecular complexity index is 718. The molecule has 26 heavy (non-hydrogen) atoms. The maximum atomic E-state index is 12.9. The van der Waals surface area contributed by atoms with Gasteiger partial charge in [0.05, 0.1) is 6.10 Å². The number of H-pyrrole nitrogens is 1. The third-order valence-electron chi connectivity index (χ3n) is 4.54. The first-order valence-corrected chi connectivity index (χ1v) is 9.43. The number of rotatable bonds is 8. The Morgan fingerprint density at radius 3 is 2.96 bits per heavy atom. The van der Waals surface area contributed by atoms with Crippen LogP contribution in [-0.4, -0.2) is 46.8 Å². The first-order valence-electron chi connectivity index (χ1n) is 9.43. The molecule has 1 amide bonds. The second kappa shape index (κ2) is 9.34. The highest BCUT2D eigenvalue weighted by Gasteiger charge is 2.24. The smallest absolute Gasteiger partial charge is 0.274 e. The maximum absolute atomic E-state index is 12.9. The van der Waals surface area contributed by atoms with Crippen LogP contribution in [0.4, 0.5) is 0 Å². The summed E-state index contributed by atoms with van der Waals surface area (Å²) in [5.74, 6) is -0.0446. The maximum Gasteiger partial charge on any atom is 0.274 e. The summed E-state index contributed by atoms with van der Waals surface area (Å²) in [6, 6.07) is 12.0. The zero-order chi connectivity index (χ0) is 18.2. The van der Waals surface area contributed by atoms with Gasteiger partial charge in [-0.05, 0) is 30.9 Å². The fourth-order valence-corrected chi connectivity index (χ4v) is 3.19. The molecule has 0 aliphatic carbocycles. The van der Waals surface area contributed by atoms with Crippen molar-refractivity contribution in [3.63, 3.8) is 0 Å². The number of nitrogens with one attached hydrogen (secondary N) is 1. The molecule has 1 aromatic carbocycles. The van der Waals surface area contributed by atoms with Crippen LogP contribution in [-0.2, 0) is 11.2 Å². The lowest BCUT2D eigenvalue weighted by Gasteiger charge is -2.23. The summed E-state index contributed by atoms with van der Waals surface area (Å²) in [6.07, 6.45) is 8.20. The number of carbonyl (C=O) groups is 1. The number of nitrogens with zero attached hydrogens (tertiary/aromatic N) is 2. The minimum absolute atomic E-state index is 0.0446. The Kier molecular flexibility index (Phi) is 6.61. The van der Waals surface area contributed by atoms with Gasteiger partial charge >= 0.3 is 0 Å². The third kappa shape index (κ3) is 5.05. The van der Waals surface area contributed by atoms with Gasteiger partial charge < -0.3 is 9.64 Å². The van der Waals surface area contributed by atoms with Crippen molar-refractivity contribution in [2.24, 2.45) is 0 Å². The van der Waals surface area contributed by atoms with Gasteiger partial charge in [-0.2, -0.15) is 5.10 Å². The molecule has 3 rings (SSSR count). The van der Waals surface area contributed by atoms with E-state index in [0.717, 1.165) is 43.5 Å². The average molecular weight is 353 g/mol. The number of carbonyl (C=O) groups excluding carboxylic acids is 1. The van der Waals surface area contributed by atoms with Crippen LogP contribution in [0.2, 0.25) is 0 Å². The predicted octanol–water partition coefficient (Wildman–Crippen LogP) is 3.70. The van der Waals surface area contributed by atoms with E-state index in [4.69, 9.17) is 4.74 Å². The van der Waals surface area contributed by atoms with Gasteiger partial charge in [0.25, 0.3) is 5.91 Å². The third-order valence-corrected chi connectivity index (χ3v) is 4.54. The molecule has 5 nitrogen and oxygen atoms in total. The molecule has 1 aromatic heterocycles. The lowest BCUT2D eigenvalue weighted by atomic mass is 10.2. The van der Waals surface area contributed by atoms with Crippen molar-refractivity contribution in [2.75, 3.05) is 19.7 Å². The molecule has 0 spiro atoms. The fourth-order valence-electron chi connectivity index (χ4n) is 3.19. The molecule has 2 aromatic rings. The zero-order valence-corrected chi connectivity index (χ0v) is 15.4. The van der Waals surface area contributed by atoms with Crippen LogP contribution in [0.3, 0.4) is 0 Å². The van der Waals surface area contributed by atoms with Crippen LogP contribution >= 0.6 is 0 Å². The van der Waals surface area contributed by atoms with Crippen molar-refractivity contribution in [3.05, 3.63) is 59.4 Å². The quantitative estimate of drug-likeness (QED) is 0.787. The Labute approximate surface area is 155 Å². The minimum Gasteiger partial charge on any atom is -0.376 e. The van der Waals surface area contributed by atoms with Crippen molar-refractivity contribution in [2.45, 2.75) is 38.7 Å². The molecular formula is C21H27N3O2. The van der Waals surface area contributed by atoms with E-state index in [-0.39, 0.29) is 12.0 Å². The standard InChI is InChI=1S/C21H27N3O2/c1-2-8-18-15-20(23-22-18)21(25)24(16-19-12-7-14-26-19)13-6-11-17-9-4-3-5-10-17/h3-6,9-11,15,19H,2,7-8,12-14,16H2,1H3,(H,22,23). The second-order valence-electron chi connectivity index (χ2n) is 6.69. The van der Waals surface area contributed by atoms with Gasteiger partial charge in [0.15, 0.2) is 0 Å². The molecule has 0 saturated carbocycles. The van der Waals surface area contributed by atoms with Gasteiger partial charge in [0.1, 0.15) is 5.69 Å². The largest absolute Gasteiger partial charge is 0.376 e. The van der Waals surface area contributed by atoms with E-state index >= 15 is 0 Å². The fraction of sp³-hybridized carbons (Fsp3) is 0.429. The number of amides is 1. The molecule has 2 heterocycles. The molecule has 5 heteroatoms. The molecule has 1 N–H and O–H groups in total. The number of hydrogen-bond donors (Lipinski definition) is 1. The summed E-state index contributed by atoms with van der Waals surface area (Å²) in [5.41, 5.74) is 2.62. The van der Waals surface area contributed by atoms with Gasteiger partial charge in [-0.3, -0.25) is 9.89 Å². The molecule has 0 radical (unpaired) electrons. The molecule has 1 aliphatic heterocycles. The monoisotopic (exact) mass is 353 g/mol. The summed E-state index contributed by atoms with van der Waals surface area (Å²) in [5, 5.41) is 7.19. The molecule has 0 bridgehead atoms. The van der Waals surface area contributed by atoms with E-state index in [2.05, 4.69) is 17.1 Å². The Balaban J connectivity index is 1.68. The lowest BCUT2D eigenvalue weighted by Crippen LogP contribution is -2.37. The van der Waals surface area contributed by atoms with Crippen LogP contribution in [0, 0.1) is 0 Å². The summed E-state index contributed by atoms with van der Waals surface area (Å²) in [6.45, 7) is 4.05. The van der Waals surface area contributed by atoms with Crippen molar-refractivity contribution in [1.29, 1.82) is 0 Å². The SMILES string of the molecule is CCCc1cc(C(=O)N(CC=Cc2ccccc2)CC2CCCO2)n[nH]1. The topological polar surface area (TPSA) is 58.2 Å². The number of aryl methyl sites for hydroxylation is 1. The van der Waals surface area contributed by atoms with E-state index in [9.17, 15) is 4.79 Å². The highest BCUT2D eigenvalue weighted by atomic mass is 16.5. The van der Waals surface area contributed by atoms with Crippen LogP contribution in [0.25, 0.3) is 6.08 Å². The first-order chi connectivity index (χ1) is 12.8. The van der Waals surface area contributed by atoms with E-state index in [1.807, 2.05) is 53.5 Å². The van der Waals surface area contributed by atoms with Gasteiger partial charge in [-0.1, -0.05) is 55.8 Å². The molecule has 1 fully saturated rings. The molecule has 138 valence electrons. The summed E-state index contributed by atoms with van der Waals surface area (Å²) in [7, 11) is 0. The van der Waals surface area contributed by atoms with Crippen molar-refractivity contribution in [1.82, 2.24) is 15.1 Å². The minimum atomic E-state index is -0.0446. The molecule has 1 saturated heterocycles. The van der Waals surface area contributed by atoms with Crippen molar-refractivity contribution in [3.8, 4) is 0 Å². The highest BCUT2D eigenvalue weighted by molar-refractivity contribution is 5.92. The number of ether oxygens (including phenoxy) is 1. The molecular weight excluding hydrogens is 326 g/mol. The molecule has 1 unspecified atom stereocenters. The van der Waals surface area contributed by atoms with Crippen LogP contribution in [0.15, 0.2) is 42.5 Å². The number of aromatic amines is 1. The van der Waals surface area contributed by atoms with Crippen molar-refractivity contribution < 1.29 is 9.53 Å². The zero-order valence-electron chi connectivity index (χ0n) is 15.4. The predicted molar refractivity (Wildman–Crippen MR) is 103 cm³/mol. The van der Waals surface area contributed by atoms with E-state index in [0.29, 0.717) is 18.8 Å². The van der Waals surface area contributed by atoms with Gasteiger partial charge in [-0.25, -0.2) is 0 Å². The van der Waals surface area contributed by atoms with Crippen molar-refractivity contribution >= 4 is 12.0 Å². The second-order valence-corrected chi connectivity index (χ2v) is 6.69. The van der Waals surface area contributed by atoms with Gasteiger partial charge in [-0.15, -0.1) is 0 Å². The number of benzene rings is 1. The van der Waals surface area contributed by atoms with Gasteiger partial charge in [0, 0.05) is 25.4 Å². The summed E-state index contributed by atoms with van der Waals surface area (Å²) < 4.78 is 5.73. The number of aromatic nitrogens is 2. The normalized spacial score (nSPS) is 17.0. The average Bonchev–Trinajstić information content (AvgIpc) is 3.33. The molecule has 1 aliphatic rings. The van der Waals surface area contributed by atoms with E-state index in [1.54, 1.807) is 0 Å². The highest BCUT2D eigenvalue weighted by Crippen LogP contribution is 2.15. The van der Waals surface area contributed by atoms with Crippen LogP contribution < -0.4 is 0 Å². The first kappa shape index (κ1) is 18.4. The lowest BCUT2D eigenvalue weighted by molar-refractivity contribution is 0.0549. The summed E-state index contributed by atoms with van der Waals surface area (Å²) >= 11 is 0. The van der Waals surface area contributed by atoms with Crippen LogP contribution in [0.5, 0.6) is 0 Å². The molecule has 1 atom stereocenters. The summed E-state index contributed by atoms with van der Waals surface area (Å²) in [4.78, 5) is 14.8. The Morgan fingerprint density at radius 2 is 2.23 bits per heavy atom. The van der Waals surface area contributed by atoms with Crippen LogP contribution in [0.1, 0.15) is 47.9 Å². The Morgan fingerprint density at radius 1 is 1.38 bits per heavy atom.